The quantitative estimate of drug-likeness (QED) is 0.323. The number of hydrogen-bond acceptors (Lipinski definition) is 6. The lowest BCUT2D eigenvalue weighted by Gasteiger charge is -2.24. The molecule has 1 aliphatic rings. The van der Waals surface area contributed by atoms with Crippen LogP contribution in [0.2, 0.25) is 0 Å². The molecule has 3 heterocycles. The van der Waals surface area contributed by atoms with Crippen molar-refractivity contribution in [2.24, 2.45) is 0 Å². The van der Waals surface area contributed by atoms with Crippen molar-refractivity contribution in [3.05, 3.63) is 108 Å². The zero-order valence-corrected chi connectivity index (χ0v) is 18.7. The molecule has 8 heteroatoms. The molecule has 1 aliphatic heterocycles. The van der Waals surface area contributed by atoms with Crippen LogP contribution in [0.5, 0.6) is 5.75 Å². The summed E-state index contributed by atoms with van der Waals surface area (Å²) in [5.41, 5.74) is 4.33. The third kappa shape index (κ3) is 4.56. The monoisotopic (exact) mass is 468 g/mol. The molecule has 0 saturated heterocycles. The zero-order valence-electron chi connectivity index (χ0n) is 18.7. The summed E-state index contributed by atoms with van der Waals surface area (Å²) < 4.78 is 32.4. The van der Waals surface area contributed by atoms with Crippen LogP contribution in [0, 0.1) is 5.82 Å². The van der Waals surface area contributed by atoms with Crippen LogP contribution in [0.1, 0.15) is 22.9 Å². The SMILES string of the molecule is Fc1ccc([C@H]2Cn3nc(-c4nc(-c5ccc(OCc6ccccc6)cc5)no4)cc3CO2)cc1. The number of fused-ring (bicyclic) bond motifs is 1. The van der Waals surface area contributed by atoms with Crippen molar-refractivity contribution in [3.8, 4) is 28.7 Å². The normalized spacial score (nSPS) is 15.1. The molecule has 5 aromatic rings. The summed E-state index contributed by atoms with van der Waals surface area (Å²) in [6.45, 7) is 1.41. The van der Waals surface area contributed by atoms with Crippen LogP contribution in [-0.4, -0.2) is 19.9 Å². The molecular weight excluding hydrogens is 447 g/mol. The number of nitrogens with zero attached hydrogens (tertiary/aromatic N) is 4. The molecule has 6 rings (SSSR count). The maximum atomic E-state index is 13.2. The van der Waals surface area contributed by atoms with E-state index in [9.17, 15) is 4.39 Å². The highest BCUT2D eigenvalue weighted by Crippen LogP contribution is 2.30. The van der Waals surface area contributed by atoms with Gasteiger partial charge in [0.2, 0.25) is 5.82 Å². The Labute approximate surface area is 200 Å². The number of benzene rings is 3. The van der Waals surface area contributed by atoms with Gasteiger partial charge in [-0.1, -0.05) is 47.6 Å². The van der Waals surface area contributed by atoms with Crippen molar-refractivity contribution in [1.82, 2.24) is 19.9 Å². The van der Waals surface area contributed by atoms with Gasteiger partial charge in [-0.15, -0.1) is 0 Å². The van der Waals surface area contributed by atoms with E-state index in [1.807, 2.05) is 65.3 Å². The Hall–Kier alpha value is -4.30. The lowest BCUT2D eigenvalue weighted by Crippen LogP contribution is -2.21. The van der Waals surface area contributed by atoms with Crippen molar-refractivity contribution in [1.29, 1.82) is 0 Å². The fourth-order valence-corrected chi connectivity index (χ4v) is 3.99. The zero-order chi connectivity index (χ0) is 23.6. The van der Waals surface area contributed by atoms with Gasteiger partial charge >= 0.3 is 0 Å². The smallest absolute Gasteiger partial charge is 0.278 e. The molecule has 174 valence electrons. The molecule has 0 N–H and O–H groups in total. The fraction of sp³-hybridized carbons (Fsp3) is 0.148. The maximum Gasteiger partial charge on any atom is 0.278 e. The number of halogens is 1. The van der Waals surface area contributed by atoms with E-state index in [-0.39, 0.29) is 11.9 Å². The van der Waals surface area contributed by atoms with Gasteiger partial charge in [-0.3, -0.25) is 4.68 Å². The second kappa shape index (κ2) is 9.15. The molecule has 0 amide bonds. The lowest BCUT2D eigenvalue weighted by atomic mass is 10.1. The van der Waals surface area contributed by atoms with Gasteiger partial charge in [-0.2, -0.15) is 10.1 Å². The summed E-state index contributed by atoms with van der Waals surface area (Å²) in [6.07, 6.45) is -0.197. The van der Waals surface area contributed by atoms with E-state index in [2.05, 4.69) is 15.2 Å². The van der Waals surface area contributed by atoms with Crippen molar-refractivity contribution < 1.29 is 18.4 Å². The van der Waals surface area contributed by atoms with Gasteiger partial charge in [0.15, 0.2) is 5.69 Å². The number of hydrogen-bond donors (Lipinski definition) is 0. The minimum atomic E-state index is -0.270. The van der Waals surface area contributed by atoms with E-state index in [0.29, 0.717) is 37.2 Å². The van der Waals surface area contributed by atoms with E-state index >= 15 is 0 Å². The molecule has 1 atom stereocenters. The predicted molar refractivity (Wildman–Crippen MR) is 126 cm³/mol. The minimum Gasteiger partial charge on any atom is -0.489 e. The van der Waals surface area contributed by atoms with Crippen LogP contribution in [0.3, 0.4) is 0 Å². The first-order chi connectivity index (χ1) is 17.2. The molecular formula is C27H21FN4O3. The first kappa shape index (κ1) is 21.2. The molecule has 0 fully saturated rings. The standard InChI is InChI=1S/C27H21FN4O3/c28-21-10-6-19(7-11-21)25-15-32-22(17-34-25)14-24(30-32)27-29-26(31-35-27)20-8-12-23(13-9-20)33-16-18-4-2-1-3-5-18/h1-14,25H,15-17H2/t25-/m1/s1. The van der Waals surface area contributed by atoms with Crippen molar-refractivity contribution in [3.63, 3.8) is 0 Å². The van der Waals surface area contributed by atoms with Crippen LogP contribution in [-0.2, 0) is 24.5 Å². The summed E-state index contributed by atoms with van der Waals surface area (Å²) in [6, 6.07) is 25.8. The Morgan fingerprint density at radius 1 is 0.971 bits per heavy atom. The van der Waals surface area contributed by atoms with Gasteiger partial charge < -0.3 is 14.0 Å². The first-order valence-electron chi connectivity index (χ1n) is 11.3. The molecule has 0 saturated carbocycles. The molecule has 2 aromatic heterocycles. The van der Waals surface area contributed by atoms with Crippen molar-refractivity contribution >= 4 is 0 Å². The molecule has 0 unspecified atom stereocenters. The average Bonchev–Trinajstić information content (AvgIpc) is 3.56. The first-order valence-corrected chi connectivity index (χ1v) is 11.3. The summed E-state index contributed by atoms with van der Waals surface area (Å²) in [4.78, 5) is 4.53. The molecule has 0 radical (unpaired) electrons. The van der Waals surface area contributed by atoms with Crippen LogP contribution >= 0.6 is 0 Å². The summed E-state index contributed by atoms with van der Waals surface area (Å²) in [5.74, 6) is 1.30. The third-order valence-electron chi connectivity index (χ3n) is 5.88. The molecule has 3 aromatic carbocycles. The van der Waals surface area contributed by atoms with Crippen LogP contribution in [0.4, 0.5) is 4.39 Å². The van der Waals surface area contributed by atoms with Gasteiger partial charge in [0, 0.05) is 5.56 Å². The number of aromatic nitrogens is 4. The Morgan fingerprint density at radius 2 is 1.77 bits per heavy atom. The van der Waals surface area contributed by atoms with E-state index < -0.39 is 0 Å². The second-order valence-corrected chi connectivity index (χ2v) is 8.28. The van der Waals surface area contributed by atoms with Crippen LogP contribution in [0.15, 0.2) is 89.5 Å². The summed E-state index contributed by atoms with van der Waals surface area (Å²) >= 11 is 0. The topological polar surface area (TPSA) is 75.2 Å². The Bertz CT molecular complexity index is 1430. The van der Waals surface area contributed by atoms with E-state index in [4.69, 9.17) is 14.0 Å². The highest BCUT2D eigenvalue weighted by atomic mass is 19.1. The lowest BCUT2D eigenvalue weighted by molar-refractivity contribution is -0.00116. The molecule has 0 aliphatic carbocycles. The Balaban J connectivity index is 1.14. The maximum absolute atomic E-state index is 13.2. The van der Waals surface area contributed by atoms with E-state index in [1.165, 1.54) is 12.1 Å². The largest absolute Gasteiger partial charge is 0.489 e. The van der Waals surface area contributed by atoms with Gasteiger partial charge in [0.25, 0.3) is 5.89 Å². The van der Waals surface area contributed by atoms with E-state index in [1.54, 1.807) is 12.1 Å². The molecule has 0 spiro atoms. The van der Waals surface area contributed by atoms with Gasteiger partial charge in [-0.05, 0) is 53.6 Å². The molecule has 7 nitrogen and oxygen atoms in total. The number of rotatable bonds is 6. The molecule has 35 heavy (non-hydrogen) atoms. The predicted octanol–water partition coefficient (Wildman–Crippen LogP) is 5.59. The Morgan fingerprint density at radius 3 is 2.57 bits per heavy atom. The average molecular weight is 468 g/mol. The van der Waals surface area contributed by atoms with E-state index in [0.717, 1.165) is 28.1 Å². The van der Waals surface area contributed by atoms with Crippen LogP contribution < -0.4 is 4.74 Å². The van der Waals surface area contributed by atoms with Crippen LogP contribution in [0.25, 0.3) is 23.0 Å². The van der Waals surface area contributed by atoms with Gasteiger partial charge in [0.05, 0.1) is 18.8 Å². The van der Waals surface area contributed by atoms with Crippen molar-refractivity contribution in [2.45, 2.75) is 25.9 Å². The third-order valence-corrected chi connectivity index (χ3v) is 5.88. The number of ether oxygens (including phenoxy) is 2. The highest BCUT2D eigenvalue weighted by molar-refractivity contribution is 5.59. The van der Waals surface area contributed by atoms with Crippen molar-refractivity contribution in [2.75, 3.05) is 0 Å². The second-order valence-electron chi connectivity index (χ2n) is 8.28. The fourth-order valence-electron chi connectivity index (χ4n) is 3.99. The summed E-state index contributed by atoms with van der Waals surface area (Å²) in [7, 11) is 0. The highest BCUT2D eigenvalue weighted by Gasteiger charge is 2.24. The molecule has 0 bridgehead atoms. The van der Waals surface area contributed by atoms with Gasteiger partial charge in [0.1, 0.15) is 24.3 Å². The summed E-state index contributed by atoms with van der Waals surface area (Å²) in [5, 5.41) is 8.76. The van der Waals surface area contributed by atoms with Gasteiger partial charge in [-0.25, -0.2) is 4.39 Å². The Kier molecular flexibility index (Phi) is 5.56. The minimum absolute atomic E-state index is 0.197.